The number of aliphatic hydroxyl groups is 1. The fraction of sp³-hybridized carbons (Fsp3) is 0.500. The summed E-state index contributed by atoms with van der Waals surface area (Å²) in [5.74, 6) is 0. The van der Waals surface area contributed by atoms with Gasteiger partial charge in [0, 0.05) is 10.9 Å². The first kappa shape index (κ1) is 8.71. The summed E-state index contributed by atoms with van der Waals surface area (Å²) < 4.78 is 0. The average Bonchev–Trinajstić information content (AvgIpc) is 2.34. The zero-order chi connectivity index (χ0) is 8.43. The number of rotatable bonds is 2. The van der Waals surface area contributed by atoms with Gasteiger partial charge in [-0.3, -0.25) is 0 Å². The minimum absolute atomic E-state index is 0.191. The molecule has 0 bridgehead atoms. The van der Waals surface area contributed by atoms with E-state index in [-0.39, 0.29) is 6.04 Å². The van der Waals surface area contributed by atoms with Gasteiger partial charge < -0.3 is 10.8 Å². The summed E-state index contributed by atoms with van der Waals surface area (Å²) in [6.07, 6.45) is -0.514. The molecular weight excluding hydrogens is 158 g/mol. The molecule has 0 saturated heterocycles. The van der Waals surface area contributed by atoms with Crippen LogP contribution in [0.4, 0.5) is 0 Å². The number of hydrogen-bond acceptors (Lipinski definition) is 3. The van der Waals surface area contributed by atoms with Gasteiger partial charge in [0.25, 0.3) is 0 Å². The molecule has 1 heterocycles. The maximum Gasteiger partial charge on any atom is 0.0946 e. The lowest BCUT2D eigenvalue weighted by atomic mass is 10.1. The van der Waals surface area contributed by atoms with Crippen molar-refractivity contribution < 1.29 is 5.11 Å². The lowest BCUT2D eigenvalue weighted by Gasteiger charge is -2.11. The van der Waals surface area contributed by atoms with Gasteiger partial charge in [-0.2, -0.15) is 0 Å². The number of aryl methyl sites for hydroxylation is 1. The van der Waals surface area contributed by atoms with Gasteiger partial charge in [0.2, 0.25) is 0 Å². The molecule has 0 radical (unpaired) electrons. The molecule has 0 spiro atoms. The zero-order valence-electron chi connectivity index (χ0n) is 6.74. The molecule has 3 heteroatoms. The first-order valence-corrected chi connectivity index (χ1v) is 4.48. The molecule has 11 heavy (non-hydrogen) atoms. The van der Waals surface area contributed by atoms with Crippen molar-refractivity contribution in [2.24, 2.45) is 5.73 Å². The topological polar surface area (TPSA) is 46.2 Å². The second kappa shape index (κ2) is 3.34. The maximum atomic E-state index is 9.49. The molecule has 0 aliphatic rings. The Morgan fingerprint density at radius 3 is 2.64 bits per heavy atom. The van der Waals surface area contributed by atoms with Crippen LogP contribution in [0.1, 0.15) is 23.5 Å². The molecule has 2 nitrogen and oxygen atoms in total. The van der Waals surface area contributed by atoms with Crippen LogP contribution in [0.15, 0.2) is 11.4 Å². The van der Waals surface area contributed by atoms with Crippen molar-refractivity contribution in [2.45, 2.75) is 26.0 Å². The van der Waals surface area contributed by atoms with E-state index in [4.69, 9.17) is 5.73 Å². The van der Waals surface area contributed by atoms with E-state index < -0.39 is 6.10 Å². The van der Waals surface area contributed by atoms with Gasteiger partial charge in [-0.05, 0) is 30.9 Å². The summed E-state index contributed by atoms with van der Waals surface area (Å²) in [6, 6.07) is 1.78. The van der Waals surface area contributed by atoms with Crippen molar-refractivity contribution in [1.82, 2.24) is 0 Å². The standard InChI is InChI=1S/C8H13NOS/c1-5-3-7(4-11-5)8(10)6(2)9/h3-4,6,8,10H,9H2,1-2H3/t6-,8?/m1/s1. The quantitative estimate of drug-likeness (QED) is 0.707. The minimum Gasteiger partial charge on any atom is -0.387 e. The van der Waals surface area contributed by atoms with Crippen LogP contribution in [0.5, 0.6) is 0 Å². The summed E-state index contributed by atoms with van der Waals surface area (Å²) in [5, 5.41) is 11.4. The smallest absolute Gasteiger partial charge is 0.0946 e. The third-order valence-corrected chi connectivity index (χ3v) is 2.47. The molecule has 1 aromatic heterocycles. The van der Waals surface area contributed by atoms with Crippen molar-refractivity contribution in [3.05, 3.63) is 21.9 Å². The van der Waals surface area contributed by atoms with E-state index in [0.717, 1.165) is 5.56 Å². The highest BCUT2D eigenvalue weighted by Gasteiger charge is 2.12. The number of aliphatic hydroxyl groups excluding tert-OH is 1. The zero-order valence-corrected chi connectivity index (χ0v) is 7.56. The Labute approximate surface area is 70.7 Å². The monoisotopic (exact) mass is 171 g/mol. The highest BCUT2D eigenvalue weighted by atomic mass is 32.1. The lowest BCUT2D eigenvalue weighted by molar-refractivity contribution is 0.154. The summed E-state index contributed by atoms with van der Waals surface area (Å²) in [7, 11) is 0. The first-order chi connectivity index (χ1) is 5.11. The van der Waals surface area contributed by atoms with Crippen molar-refractivity contribution in [1.29, 1.82) is 0 Å². The van der Waals surface area contributed by atoms with Crippen LogP contribution in [0, 0.1) is 6.92 Å². The SMILES string of the molecule is Cc1cc(C(O)[C@@H](C)N)cs1. The Kier molecular flexibility index (Phi) is 2.65. The number of hydrogen-bond donors (Lipinski definition) is 2. The Hall–Kier alpha value is -0.380. The first-order valence-electron chi connectivity index (χ1n) is 3.60. The molecule has 0 saturated carbocycles. The van der Waals surface area contributed by atoms with Gasteiger partial charge in [0.05, 0.1) is 6.10 Å². The molecule has 1 rings (SSSR count). The molecule has 3 N–H and O–H groups in total. The van der Waals surface area contributed by atoms with E-state index in [9.17, 15) is 5.11 Å². The summed E-state index contributed by atoms with van der Waals surface area (Å²) in [5.41, 5.74) is 6.46. The van der Waals surface area contributed by atoms with Gasteiger partial charge in [-0.25, -0.2) is 0 Å². The fourth-order valence-electron chi connectivity index (χ4n) is 0.922. The van der Waals surface area contributed by atoms with Crippen LogP contribution in [0.2, 0.25) is 0 Å². The summed E-state index contributed by atoms with van der Waals surface area (Å²) in [6.45, 7) is 3.82. The van der Waals surface area contributed by atoms with Crippen molar-refractivity contribution in [3.8, 4) is 0 Å². The van der Waals surface area contributed by atoms with Crippen LogP contribution >= 0.6 is 11.3 Å². The molecule has 1 aromatic rings. The molecule has 0 aliphatic carbocycles. The second-order valence-electron chi connectivity index (χ2n) is 2.79. The van der Waals surface area contributed by atoms with E-state index in [1.54, 1.807) is 18.3 Å². The van der Waals surface area contributed by atoms with Gasteiger partial charge >= 0.3 is 0 Å². The Bertz CT molecular complexity index is 232. The van der Waals surface area contributed by atoms with Crippen molar-refractivity contribution in [2.75, 3.05) is 0 Å². The molecule has 0 aromatic carbocycles. The number of nitrogens with two attached hydrogens (primary N) is 1. The van der Waals surface area contributed by atoms with Gasteiger partial charge in [0.1, 0.15) is 0 Å². The third kappa shape index (κ3) is 2.02. The maximum absolute atomic E-state index is 9.49. The minimum atomic E-state index is -0.514. The predicted octanol–water partition coefficient (Wildman–Crippen LogP) is 1.44. The van der Waals surface area contributed by atoms with Gasteiger partial charge in [-0.1, -0.05) is 0 Å². The fourth-order valence-corrected chi connectivity index (χ4v) is 1.66. The van der Waals surface area contributed by atoms with Gasteiger partial charge in [0.15, 0.2) is 0 Å². The van der Waals surface area contributed by atoms with E-state index in [0.29, 0.717) is 0 Å². The Morgan fingerprint density at radius 1 is 1.64 bits per heavy atom. The second-order valence-corrected chi connectivity index (χ2v) is 3.91. The highest BCUT2D eigenvalue weighted by molar-refractivity contribution is 7.10. The summed E-state index contributed by atoms with van der Waals surface area (Å²) in [4.78, 5) is 1.21. The molecule has 0 aliphatic heterocycles. The molecule has 0 fully saturated rings. The predicted molar refractivity (Wildman–Crippen MR) is 47.7 cm³/mol. The summed E-state index contributed by atoms with van der Waals surface area (Å²) >= 11 is 1.63. The van der Waals surface area contributed by atoms with Crippen LogP contribution in [0.25, 0.3) is 0 Å². The average molecular weight is 171 g/mol. The van der Waals surface area contributed by atoms with Crippen LogP contribution < -0.4 is 5.73 Å². The van der Waals surface area contributed by atoms with Crippen LogP contribution in [-0.2, 0) is 0 Å². The van der Waals surface area contributed by atoms with E-state index in [1.165, 1.54) is 4.88 Å². The van der Waals surface area contributed by atoms with Crippen molar-refractivity contribution in [3.63, 3.8) is 0 Å². The van der Waals surface area contributed by atoms with E-state index >= 15 is 0 Å². The molecule has 62 valence electrons. The van der Waals surface area contributed by atoms with Gasteiger partial charge in [-0.15, -0.1) is 11.3 Å². The molecular formula is C8H13NOS. The Balaban J connectivity index is 2.76. The lowest BCUT2D eigenvalue weighted by Crippen LogP contribution is -2.23. The third-order valence-electron chi connectivity index (χ3n) is 1.59. The van der Waals surface area contributed by atoms with E-state index in [2.05, 4.69) is 0 Å². The Morgan fingerprint density at radius 2 is 2.27 bits per heavy atom. The number of thiophene rings is 1. The largest absolute Gasteiger partial charge is 0.387 e. The van der Waals surface area contributed by atoms with E-state index in [1.807, 2.05) is 18.4 Å². The van der Waals surface area contributed by atoms with Crippen LogP contribution in [0.3, 0.4) is 0 Å². The highest BCUT2D eigenvalue weighted by Crippen LogP contribution is 2.21. The molecule has 2 atom stereocenters. The van der Waals surface area contributed by atoms with Crippen molar-refractivity contribution >= 4 is 11.3 Å². The normalized spacial score (nSPS) is 16.4. The molecule has 1 unspecified atom stereocenters. The van der Waals surface area contributed by atoms with Crippen LogP contribution in [-0.4, -0.2) is 11.1 Å². The molecule has 0 amide bonds.